The van der Waals surface area contributed by atoms with Crippen molar-refractivity contribution in [2.75, 3.05) is 7.11 Å². The molecule has 0 bridgehead atoms. The van der Waals surface area contributed by atoms with Crippen molar-refractivity contribution in [3.05, 3.63) is 71.8 Å². The van der Waals surface area contributed by atoms with Crippen molar-refractivity contribution in [3.8, 4) is 11.5 Å². The van der Waals surface area contributed by atoms with Gasteiger partial charge in [-0.25, -0.2) is 8.78 Å². The van der Waals surface area contributed by atoms with Crippen LogP contribution in [0.3, 0.4) is 0 Å². The molecule has 3 rings (SSSR count). The summed E-state index contributed by atoms with van der Waals surface area (Å²) in [5, 5.41) is 0.850. The molecule has 0 saturated carbocycles. The van der Waals surface area contributed by atoms with Gasteiger partial charge in [0.1, 0.15) is 18.1 Å². The topological polar surface area (TPSA) is 18.5 Å². The second kappa shape index (κ2) is 6.02. The lowest BCUT2D eigenvalue weighted by Gasteiger charge is -2.08. The Balaban J connectivity index is 1.77. The summed E-state index contributed by atoms with van der Waals surface area (Å²) >= 11 is 0. The van der Waals surface area contributed by atoms with Gasteiger partial charge in [-0.15, -0.1) is 0 Å². The number of benzene rings is 3. The van der Waals surface area contributed by atoms with E-state index in [9.17, 15) is 8.78 Å². The number of rotatable bonds is 4. The molecule has 3 aromatic carbocycles. The maximum atomic E-state index is 13.6. The molecule has 0 aromatic heterocycles. The minimum atomic E-state index is -0.848. The summed E-state index contributed by atoms with van der Waals surface area (Å²) in [6.45, 7) is 0.388. The molecular formula is C18H14F2O2. The number of fused-ring (bicyclic) bond motifs is 1. The van der Waals surface area contributed by atoms with Gasteiger partial charge in [-0.2, -0.15) is 0 Å². The van der Waals surface area contributed by atoms with E-state index in [0.717, 1.165) is 17.4 Å². The molecule has 112 valence electrons. The number of halogens is 2. The van der Waals surface area contributed by atoms with Gasteiger partial charge in [0.05, 0.1) is 7.11 Å². The molecule has 0 radical (unpaired) electrons. The minimum absolute atomic E-state index is 0.247. The first-order chi connectivity index (χ1) is 10.7. The van der Waals surface area contributed by atoms with E-state index in [-0.39, 0.29) is 5.39 Å². The zero-order chi connectivity index (χ0) is 15.5. The molecule has 0 unspecified atom stereocenters. The Bertz CT molecular complexity index is 798. The van der Waals surface area contributed by atoms with Gasteiger partial charge in [0, 0.05) is 5.39 Å². The van der Waals surface area contributed by atoms with E-state index in [1.807, 2.05) is 24.3 Å². The van der Waals surface area contributed by atoms with E-state index >= 15 is 0 Å². The number of hydrogen-bond donors (Lipinski definition) is 0. The van der Waals surface area contributed by atoms with Crippen LogP contribution in [0.15, 0.2) is 54.6 Å². The maximum Gasteiger partial charge on any atom is 0.166 e. The summed E-state index contributed by atoms with van der Waals surface area (Å²) < 4.78 is 37.6. The van der Waals surface area contributed by atoms with Gasteiger partial charge >= 0.3 is 0 Å². The average molecular weight is 300 g/mol. The second-order valence-electron chi connectivity index (χ2n) is 4.88. The lowest BCUT2D eigenvalue weighted by Crippen LogP contribution is -1.96. The highest BCUT2D eigenvalue weighted by Crippen LogP contribution is 2.25. The summed E-state index contributed by atoms with van der Waals surface area (Å²) in [7, 11) is 1.61. The summed E-state index contributed by atoms with van der Waals surface area (Å²) in [4.78, 5) is 0. The summed E-state index contributed by atoms with van der Waals surface area (Å²) in [6.07, 6.45) is 0. The van der Waals surface area contributed by atoms with E-state index in [1.165, 1.54) is 12.1 Å². The molecule has 0 heterocycles. The van der Waals surface area contributed by atoms with Gasteiger partial charge in [0.2, 0.25) is 0 Å². The predicted octanol–water partition coefficient (Wildman–Crippen LogP) is 4.71. The molecule has 0 aliphatic carbocycles. The van der Waals surface area contributed by atoms with Crippen molar-refractivity contribution < 1.29 is 18.3 Å². The molecule has 0 spiro atoms. The monoisotopic (exact) mass is 300 g/mol. The SMILES string of the molecule is COc1ccc(COc2ccc3c(F)c(F)ccc3c2)cc1. The van der Waals surface area contributed by atoms with Gasteiger partial charge in [0.25, 0.3) is 0 Å². The van der Waals surface area contributed by atoms with Crippen molar-refractivity contribution in [1.82, 2.24) is 0 Å². The highest BCUT2D eigenvalue weighted by molar-refractivity contribution is 5.84. The molecule has 0 atom stereocenters. The standard InChI is InChI=1S/C18H14F2O2/c1-21-14-5-2-12(3-6-14)11-22-15-7-8-16-13(10-15)4-9-17(19)18(16)20/h2-10H,11H2,1H3. The van der Waals surface area contributed by atoms with Crippen LogP contribution in [-0.4, -0.2) is 7.11 Å². The van der Waals surface area contributed by atoms with Crippen LogP contribution in [0.1, 0.15) is 5.56 Å². The van der Waals surface area contributed by atoms with Crippen LogP contribution >= 0.6 is 0 Å². The summed E-state index contributed by atoms with van der Waals surface area (Å²) in [5.41, 5.74) is 0.992. The Hall–Kier alpha value is -2.62. The fourth-order valence-corrected chi connectivity index (χ4v) is 2.22. The molecule has 0 amide bonds. The molecule has 0 fully saturated rings. The van der Waals surface area contributed by atoms with Gasteiger partial charge in [0.15, 0.2) is 11.6 Å². The molecule has 0 aliphatic rings. The van der Waals surface area contributed by atoms with E-state index in [1.54, 1.807) is 19.2 Å². The van der Waals surface area contributed by atoms with Crippen LogP contribution in [0.5, 0.6) is 11.5 Å². The summed E-state index contributed by atoms with van der Waals surface area (Å²) in [6, 6.07) is 15.0. The molecule has 3 aromatic rings. The smallest absolute Gasteiger partial charge is 0.166 e. The Morgan fingerprint density at radius 3 is 2.32 bits per heavy atom. The predicted molar refractivity (Wildman–Crippen MR) is 81.2 cm³/mol. The zero-order valence-corrected chi connectivity index (χ0v) is 12.0. The molecule has 2 nitrogen and oxygen atoms in total. The highest BCUT2D eigenvalue weighted by Gasteiger charge is 2.07. The first-order valence-corrected chi connectivity index (χ1v) is 6.81. The Morgan fingerprint density at radius 1 is 0.864 bits per heavy atom. The fourth-order valence-electron chi connectivity index (χ4n) is 2.22. The fraction of sp³-hybridized carbons (Fsp3) is 0.111. The molecule has 0 N–H and O–H groups in total. The van der Waals surface area contributed by atoms with E-state index in [0.29, 0.717) is 17.7 Å². The minimum Gasteiger partial charge on any atom is -0.497 e. The first kappa shape index (κ1) is 14.3. The normalized spacial score (nSPS) is 10.7. The van der Waals surface area contributed by atoms with Crippen LogP contribution in [0.25, 0.3) is 10.8 Å². The molecular weight excluding hydrogens is 286 g/mol. The lowest BCUT2D eigenvalue weighted by atomic mass is 10.1. The third-order valence-corrected chi connectivity index (χ3v) is 3.44. The van der Waals surface area contributed by atoms with Gasteiger partial charge in [-0.3, -0.25) is 0 Å². The maximum absolute atomic E-state index is 13.6. The zero-order valence-electron chi connectivity index (χ0n) is 12.0. The third-order valence-electron chi connectivity index (χ3n) is 3.44. The van der Waals surface area contributed by atoms with Crippen molar-refractivity contribution in [1.29, 1.82) is 0 Å². The van der Waals surface area contributed by atoms with Crippen LogP contribution in [0.2, 0.25) is 0 Å². The third kappa shape index (κ3) is 2.86. The average Bonchev–Trinajstić information content (AvgIpc) is 2.57. The Morgan fingerprint density at radius 2 is 1.59 bits per heavy atom. The number of ether oxygens (including phenoxy) is 2. The Labute approximate surface area is 126 Å². The lowest BCUT2D eigenvalue weighted by molar-refractivity contribution is 0.306. The van der Waals surface area contributed by atoms with E-state index in [4.69, 9.17) is 9.47 Å². The largest absolute Gasteiger partial charge is 0.497 e. The van der Waals surface area contributed by atoms with Crippen molar-refractivity contribution in [2.24, 2.45) is 0 Å². The number of hydrogen-bond acceptors (Lipinski definition) is 2. The van der Waals surface area contributed by atoms with Crippen LogP contribution in [0.4, 0.5) is 8.78 Å². The van der Waals surface area contributed by atoms with Gasteiger partial charge < -0.3 is 9.47 Å². The quantitative estimate of drug-likeness (QED) is 0.695. The highest BCUT2D eigenvalue weighted by atomic mass is 19.2. The van der Waals surface area contributed by atoms with Gasteiger partial charge in [-0.1, -0.05) is 18.2 Å². The molecule has 0 saturated heterocycles. The molecule has 0 aliphatic heterocycles. The van der Waals surface area contributed by atoms with Crippen LogP contribution in [0, 0.1) is 11.6 Å². The number of methoxy groups -OCH3 is 1. The van der Waals surface area contributed by atoms with E-state index in [2.05, 4.69) is 0 Å². The first-order valence-electron chi connectivity index (χ1n) is 6.81. The van der Waals surface area contributed by atoms with Crippen LogP contribution in [-0.2, 0) is 6.61 Å². The van der Waals surface area contributed by atoms with Gasteiger partial charge in [-0.05, 0) is 47.3 Å². The van der Waals surface area contributed by atoms with E-state index < -0.39 is 11.6 Å². The van der Waals surface area contributed by atoms with Crippen molar-refractivity contribution in [3.63, 3.8) is 0 Å². The second-order valence-corrected chi connectivity index (χ2v) is 4.88. The van der Waals surface area contributed by atoms with Crippen molar-refractivity contribution in [2.45, 2.75) is 6.61 Å². The molecule has 22 heavy (non-hydrogen) atoms. The van der Waals surface area contributed by atoms with Crippen LogP contribution < -0.4 is 9.47 Å². The molecule has 4 heteroatoms. The Kier molecular flexibility index (Phi) is 3.92. The summed E-state index contributed by atoms with van der Waals surface area (Å²) in [5.74, 6) is -0.292. The van der Waals surface area contributed by atoms with Crippen molar-refractivity contribution >= 4 is 10.8 Å².